The molecule has 9 heteroatoms. The van der Waals surface area contributed by atoms with Crippen molar-refractivity contribution in [2.75, 3.05) is 18.5 Å². The van der Waals surface area contributed by atoms with Crippen molar-refractivity contribution in [3.05, 3.63) is 35.2 Å². The molecule has 0 unspecified atom stereocenters. The van der Waals surface area contributed by atoms with Crippen LogP contribution in [0.15, 0.2) is 24.4 Å². The third-order valence-electron chi connectivity index (χ3n) is 5.36. The van der Waals surface area contributed by atoms with Gasteiger partial charge in [0.1, 0.15) is 5.82 Å². The summed E-state index contributed by atoms with van der Waals surface area (Å²) >= 11 is 1.50. The summed E-state index contributed by atoms with van der Waals surface area (Å²) in [5.41, 5.74) is 0.911. The summed E-state index contributed by atoms with van der Waals surface area (Å²) in [5.74, 6) is -0.322. The number of carbonyl (C=O) groups excluding carboxylic acids is 2. The molecule has 30 heavy (non-hydrogen) atoms. The summed E-state index contributed by atoms with van der Waals surface area (Å²) in [4.78, 5) is 28.3. The van der Waals surface area contributed by atoms with Crippen LogP contribution in [-0.2, 0) is 14.3 Å². The molecule has 1 aromatic heterocycles. The minimum Gasteiger partial charge on any atom is -0.441 e. The van der Waals surface area contributed by atoms with E-state index < -0.39 is 0 Å². The molecule has 4 rings (SSSR count). The van der Waals surface area contributed by atoms with Crippen LogP contribution in [0.3, 0.4) is 0 Å². The number of nitrogens with one attached hydrogen (secondary N) is 2. The van der Waals surface area contributed by atoms with Gasteiger partial charge >= 0.3 is 6.09 Å². The van der Waals surface area contributed by atoms with Crippen LogP contribution in [0.5, 0.6) is 0 Å². The number of aromatic nitrogens is 1. The van der Waals surface area contributed by atoms with Gasteiger partial charge < -0.3 is 20.1 Å². The van der Waals surface area contributed by atoms with E-state index in [1.807, 2.05) is 0 Å². The Labute approximate surface area is 178 Å². The van der Waals surface area contributed by atoms with E-state index in [9.17, 15) is 14.0 Å². The molecule has 0 bridgehead atoms. The number of thiazole rings is 1. The Kier molecular flexibility index (Phi) is 6.29. The Morgan fingerprint density at radius 2 is 2.00 bits per heavy atom. The molecule has 160 valence electrons. The quantitative estimate of drug-likeness (QED) is 0.742. The van der Waals surface area contributed by atoms with Crippen molar-refractivity contribution < 1.29 is 23.5 Å². The van der Waals surface area contributed by atoms with Crippen molar-refractivity contribution in [3.63, 3.8) is 0 Å². The number of hydrogen-bond donors (Lipinski definition) is 2. The van der Waals surface area contributed by atoms with Gasteiger partial charge in [-0.2, -0.15) is 0 Å². The highest BCUT2D eigenvalue weighted by molar-refractivity contribution is 7.15. The zero-order valence-electron chi connectivity index (χ0n) is 16.7. The van der Waals surface area contributed by atoms with Gasteiger partial charge in [-0.15, -0.1) is 11.3 Å². The molecular weight excluding hydrogens is 409 g/mol. The molecule has 1 saturated carbocycles. The van der Waals surface area contributed by atoms with Gasteiger partial charge in [0.05, 0.1) is 23.1 Å². The van der Waals surface area contributed by atoms with Crippen LogP contribution in [0.2, 0.25) is 0 Å². The molecule has 2 heterocycles. The van der Waals surface area contributed by atoms with Gasteiger partial charge in [-0.25, -0.2) is 14.2 Å². The number of hydrogen-bond acceptors (Lipinski definition) is 6. The van der Waals surface area contributed by atoms with Crippen LogP contribution in [0.4, 0.5) is 14.9 Å². The maximum absolute atomic E-state index is 14.5. The van der Waals surface area contributed by atoms with Crippen LogP contribution in [0, 0.1) is 5.82 Å². The average Bonchev–Trinajstić information content (AvgIpc) is 3.15. The maximum Gasteiger partial charge on any atom is 0.407 e. The van der Waals surface area contributed by atoms with Gasteiger partial charge in [-0.05, 0) is 43.9 Å². The Bertz CT molecular complexity index is 923. The van der Waals surface area contributed by atoms with E-state index in [0.29, 0.717) is 30.4 Å². The fraction of sp³-hybridized carbons (Fsp3) is 0.476. The third-order valence-corrected chi connectivity index (χ3v) is 6.55. The molecule has 0 atom stereocenters. The Balaban J connectivity index is 1.32. The van der Waals surface area contributed by atoms with Gasteiger partial charge in [-0.1, -0.05) is 0 Å². The number of rotatable bonds is 5. The molecule has 2 amide bonds. The molecule has 7 nitrogen and oxygen atoms in total. The Hall–Kier alpha value is -2.52. The molecule has 2 N–H and O–H groups in total. The van der Waals surface area contributed by atoms with Crippen LogP contribution in [0.25, 0.3) is 10.4 Å². The monoisotopic (exact) mass is 433 g/mol. The summed E-state index contributed by atoms with van der Waals surface area (Å²) < 4.78 is 24.7. The number of carbonyl (C=O) groups is 2. The van der Waals surface area contributed by atoms with Crippen molar-refractivity contribution in [2.45, 2.75) is 50.7 Å². The second kappa shape index (κ2) is 9.09. The van der Waals surface area contributed by atoms with E-state index >= 15 is 0 Å². The summed E-state index contributed by atoms with van der Waals surface area (Å²) in [7, 11) is 0. The summed E-state index contributed by atoms with van der Waals surface area (Å²) in [6.45, 7) is 2.34. The van der Waals surface area contributed by atoms with Crippen LogP contribution < -0.4 is 10.6 Å². The van der Waals surface area contributed by atoms with Crippen molar-refractivity contribution in [1.82, 2.24) is 10.3 Å². The molecule has 2 fully saturated rings. The number of anilines is 1. The SMILES string of the molecule is CC(=O)Nc1ccc(-c2cnc([C@H]3CC[C@H](NC(=O)OC4COC4)CC3)s2)c(F)c1. The van der Waals surface area contributed by atoms with Crippen molar-refractivity contribution in [1.29, 1.82) is 0 Å². The van der Waals surface area contributed by atoms with Crippen LogP contribution >= 0.6 is 11.3 Å². The Morgan fingerprint density at radius 3 is 2.63 bits per heavy atom. The number of halogens is 1. The molecule has 0 spiro atoms. The first-order valence-corrected chi connectivity index (χ1v) is 10.9. The van der Waals surface area contributed by atoms with Gasteiger partial charge in [-0.3, -0.25) is 4.79 Å². The minimum absolute atomic E-state index is 0.105. The number of benzene rings is 1. The second-order valence-corrected chi connectivity index (χ2v) is 8.76. The predicted molar refractivity (Wildman–Crippen MR) is 111 cm³/mol. The van der Waals surface area contributed by atoms with E-state index in [4.69, 9.17) is 9.47 Å². The lowest BCUT2D eigenvalue weighted by Gasteiger charge is -2.30. The molecule has 0 radical (unpaired) electrons. The molecule has 1 aliphatic heterocycles. The maximum atomic E-state index is 14.5. The van der Waals surface area contributed by atoms with E-state index in [1.54, 1.807) is 18.3 Å². The lowest BCUT2D eigenvalue weighted by atomic mass is 9.86. The van der Waals surface area contributed by atoms with E-state index in [-0.39, 0.29) is 30.0 Å². The normalized spacial score (nSPS) is 21.5. The second-order valence-electron chi connectivity index (χ2n) is 7.70. The highest BCUT2D eigenvalue weighted by atomic mass is 32.1. The lowest BCUT2D eigenvalue weighted by molar-refractivity contribution is -0.114. The molecule has 1 aliphatic carbocycles. The number of alkyl carbamates (subject to hydrolysis) is 1. The molecule has 2 aliphatic rings. The molecule has 1 saturated heterocycles. The first-order chi connectivity index (χ1) is 14.5. The van der Waals surface area contributed by atoms with Gasteiger partial charge in [0, 0.05) is 36.3 Å². The fourth-order valence-electron chi connectivity index (χ4n) is 3.72. The number of nitrogens with zero attached hydrogens (tertiary/aromatic N) is 1. The van der Waals surface area contributed by atoms with Crippen molar-refractivity contribution >= 4 is 29.0 Å². The molecule has 2 aromatic rings. The molecular formula is C21H24FN3O4S. The largest absolute Gasteiger partial charge is 0.441 e. The standard InChI is InChI=1S/C21H24FN3O4S/c1-12(26)24-15-6-7-17(18(22)8-15)19-9-23-20(30-19)13-2-4-14(5-3-13)25-21(27)29-16-10-28-11-16/h6-9,13-14,16H,2-5,10-11H2,1H3,(H,24,26)(H,25,27)/t13-,14-. The third kappa shape index (κ3) is 4.96. The predicted octanol–water partition coefficient (Wildman–Crippen LogP) is 4.06. The zero-order valence-corrected chi connectivity index (χ0v) is 17.5. The van der Waals surface area contributed by atoms with Gasteiger partial charge in [0.25, 0.3) is 0 Å². The fourth-order valence-corrected chi connectivity index (χ4v) is 4.83. The first kappa shape index (κ1) is 20.7. The average molecular weight is 434 g/mol. The van der Waals surface area contributed by atoms with Crippen molar-refractivity contribution in [2.24, 2.45) is 0 Å². The first-order valence-electron chi connectivity index (χ1n) is 10.1. The summed E-state index contributed by atoms with van der Waals surface area (Å²) in [6.07, 6.45) is 4.75. The van der Waals surface area contributed by atoms with Crippen molar-refractivity contribution in [3.8, 4) is 10.4 Å². The van der Waals surface area contributed by atoms with Gasteiger partial charge in [0.15, 0.2) is 6.10 Å². The minimum atomic E-state index is -0.389. The van der Waals surface area contributed by atoms with E-state index in [1.165, 1.54) is 24.3 Å². The van der Waals surface area contributed by atoms with Gasteiger partial charge in [0.2, 0.25) is 5.91 Å². The zero-order chi connectivity index (χ0) is 21.1. The molecule has 1 aromatic carbocycles. The lowest BCUT2D eigenvalue weighted by Crippen LogP contribution is -2.44. The number of ether oxygens (including phenoxy) is 2. The van der Waals surface area contributed by atoms with E-state index in [0.717, 1.165) is 35.6 Å². The van der Waals surface area contributed by atoms with Crippen LogP contribution in [-0.4, -0.2) is 42.3 Å². The highest BCUT2D eigenvalue weighted by Crippen LogP contribution is 2.38. The highest BCUT2D eigenvalue weighted by Gasteiger charge is 2.28. The van der Waals surface area contributed by atoms with E-state index in [2.05, 4.69) is 15.6 Å². The Morgan fingerprint density at radius 1 is 1.23 bits per heavy atom. The number of amides is 2. The summed E-state index contributed by atoms with van der Waals surface area (Å²) in [6, 6.07) is 4.78. The van der Waals surface area contributed by atoms with Crippen LogP contribution in [0.1, 0.15) is 43.5 Å². The topological polar surface area (TPSA) is 89.6 Å². The smallest absolute Gasteiger partial charge is 0.407 e. The summed E-state index contributed by atoms with van der Waals surface area (Å²) in [5, 5.41) is 6.50.